The minimum atomic E-state index is -3.74. The van der Waals surface area contributed by atoms with E-state index in [9.17, 15) is 18.3 Å². The van der Waals surface area contributed by atoms with Crippen molar-refractivity contribution < 1.29 is 23.1 Å². The van der Waals surface area contributed by atoms with Gasteiger partial charge in [0.2, 0.25) is 15.9 Å². The minimum Gasteiger partial charge on any atom is -0.472 e. The number of hydrogen-bond acceptors (Lipinski definition) is 6. The number of carbonyl (C=O) groups excluding carboxylic acids is 1. The van der Waals surface area contributed by atoms with Crippen molar-refractivity contribution in [2.24, 2.45) is 11.8 Å². The first kappa shape index (κ1) is 27.7. The molecule has 0 aliphatic carbocycles. The number of hydrogen-bond donors (Lipinski definition) is 1. The fraction of sp³-hybridized carbons (Fsp3) is 0.481. The van der Waals surface area contributed by atoms with Crippen LogP contribution in [0.3, 0.4) is 0 Å². The summed E-state index contributed by atoms with van der Waals surface area (Å²) < 4.78 is 33.7. The van der Waals surface area contributed by atoms with Crippen LogP contribution in [-0.4, -0.2) is 72.5 Å². The molecule has 1 amide bonds. The number of aliphatic hydroxyl groups excluding tert-OH is 1. The Hall–Kier alpha value is -2.93. The third-order valence-electron chi connectivity index (χ3n) is 6.15. The highest BCUT2D eigenvalue weighted by molar-refractivity contribution is 7.89. The first-order valence-corrected chi connectivity index (χ1v) is 13.6. The lowest BCUT2D eigenvalue weighted by atomic mass is 10.00. The second kappa shape index (κ2) is 11.9. The predicted molar refractivity (Wildman–Crippen MR) is 138 cm³/mol. The average Bonchev–Trinajstić information content (AvgIpc) is 2.86. The van der Waals surface area contributed by atoms with Crippen LogP contribution < -0.4 is 4.74 Å². The quantitative estimate of drug-likeness (QED) is 0.572. The fourth-order valence-electron chi connectivity index (χ4n) is 3.87. The normalized spacial score (nSPS) is 19.1. The molecule has 0 spiro atoms. The van der Waals surface area contributed by atoms with E-state index in [1.807, 2.05) is 6.92 Å². The van der Waals surface area contributed by atoms with Gasteiger partial charge in [0, 0.05) is 37.7 Å². The summed E-state index contributed by atoms with van der Waals surface area (Å²) in [6.07, 6.45) is 1.70. The summed E-state index contributed by atoms with van der Waals surface area (Å²) in [4.78, 5) is 19.7. The van der Waals surface area contributed by atoms with Crippen molar-refractivity contribution in [3.8, 4) is 17.7 Å². The number of carbonyl (C=O) groups is 1. The van der Waals surface area contributed by atoms with E-state index in [2.05, 4.69) is 30.7 Å². The number of sulfonamides is 1. The molecular formula is C27H35N3O5S. The lowest BCUT2D eigenvalue weighted by molar-refractivity contribution is 0.0373. The monoisotopic (exact) mass is 513 g/mol. The largest absolute Gasteiger partial charge is 0.472 e. The van der Waals surface area contributed by atoms with E-state index in [4.69, 9.17) is 4.74 Å². The van der Waals surface area contributed by atoms with E-state index >= 15 is 0 Å². The average molecular weight is 514 g/mol. The molecule has 9 heteroatoms. The summed E-state index contributed by atoms with van der Waals surface area (Å²) >= 11 is 0. The maximum absolute atomic E-state index is 13.5. The van der Waals surface area contributed by atoms with Crippen LogP contribution in [0.1, 0.15) is 50.0 Å². The van der Waals surface area contributed by atoms with Crippen molar-refractivity contribution in [3.63, 3.8) is 0 Å². The summed E-state index contributed by atoms with van der Waals surface area (Å²) in [6, 6.07) is 9.44. The molecule has 36 heavy (non-hydrogen) atoms. The Morgan fingerprint density at radius 1 is 1.25 bits per heavy atom. The van der Waals surface area contributed by atoms with Crippen molar-refractivity contribution in [1.29, 1.82) is 0 Å². The van der Waals surface area contributed by atoms with Gasteiger partial charge in [-0.3, -0.25) is 4.79 Å². The molecule has 3 rings (SSSR count). The van der Waals surface area contributed by atoms with Crippen molar-refractivity contribution >= 4 is 15.9 Å². The van der Waals surface area contributed by atoms with Crippen LogP contribution in [-0.2, 0) is 10.0 Å². The summed E-state index contributed by atoms with van der Waals surface area (Å²) in [5.41, 5.74) is 0.842. The fourth-order valence-corrected chi connectivity index (χ4v) is 5.07. The van der Waals surface area contributed by atoms with Crippen LogP contribution in [0.5, 0.6) is 5.88 Å². The molecule has 194 valence electrons. The zero-order valence-corrected chi connectivity index (χ0v) is 22.3. The number of pyridine rings is 1. The number of aliphatic hydroxyl groups is 1. The molecule has 0 radical (unpaired) electrons. The molecule has 0 saturated carbocycles. The molecule has 3 atom stereocenters. The molecule has 2 aromatic rings. The Kier molecular flexibility index (Phi) is 9.12. The molecular weight excluding hydrogens is 478 g/mol. The van der Waals surface area contributed by atoms with Gasteiger partial charge in [-0.2, -0.15) is 4.31 Å². The molecule has 1 N–H and O–H groups in total. The van der Waals surface area contributed by atoms with Crippen molar-refractivity contribution in [3.05, 3.63) is 53.7 Å². The van der Waals surface area contributed by atoms with Gasteiger partial charge in [-0.05, 0) is 31.0 Å². The van der Waals surface area contributed by atoms with Crippen LogP contribution in [0.25, 0.3) is 0 Å². The van der Waals surface area contributed by atoms with E-state index < -0.39 is 22.2 Å². The van der Waals surface area contributed by atoms with Gasteiger partial charge >= 0.3 is 0 Å². The highest BCUT2D eigenvalue weighted by Gasteiger charge is 2.35. The van der Waals surface area contributed by atoms with Crippen molar-refractivity contribution in [2.75, 3.05) is 26.7 Å². The second-order valence-corrected chi connectivity index (χ2v) is 11.7. The molecule has 0 bridgehead atoms. The summed E-state index contributed by atoms with van der Waals surface area (Å²) in [6.45, 7) is 7.97. The highest BCUT2D eigenvalue weighted by Crippen LogP contribution is 2.28. The molecule has 1 aromatic heterocycles. The molecule has 2 heterocycles. The lowest BCUT2D eigenvalue weighted by Crippen LogP contribution is -2.50. The van der Waals surface area contributed by atoms with Crippen LogP contribution in [0.15, 0.2) is 47.5 Å². The van der Waals surface area contributed by atoms with Crippen LogP contribution >= 0.6 is 0 Å². The maximum Gasteiger partial charge on any atom is 0.259 e. The number of likely N-dealkylation sites (N-methyl/N-ethyl adjacent to an activating group) is 1. The van der Waals surface area contributed by atoms with E-state index in [0.717, 1.165) is 6.42 Å². The third-order valence-corrected chi connectivity index (χ3v) is 7.99. The van der Waals surface area contributed by atoms with Gasteiger partial charge in [-0.15, -0.1) is 0 Å². The Labute approximate surface area is 214 Å². The molecule has 8 nitrogen and oxygen atoms in total. The second-order valence-electron chi connectivity index (χ2n) is 9.70. The van der Waals surface area contributed by atoms with E-state index in [0.29, 0.717) is 11.5 Å². The number of aromatic nitrogens is 1. The van der Waals surface area contributed by atoms with E-state index in [1.54, 1.807) is 54.4 Å². The number of benzene rings is 1. The number of amides is 1. The zero-order chi connectivity index (χ0) is 26.5. The van der Waals surface area contributed by atoms with Gasteiger partial charge in [0.05, 0.1) is 24.1 Å². The predicted octanol–water partition coefficient (Wildman–Crippen LogP) is 3.02. The van der Waals surface area contributed by atoms with Gasteiger partial charge in [-0.25, -0.2) is 13.4 Å². The Balaban J connectivity index is 1.97. The third kappa shape index (κ3) is 6.44. The maximum atomic E-state index is 13.5. The number of rotatable bonds is 7. The molecule has 0 unspecified atom stereocenters. The van der Waals surface area contributed by atoms with Crippen molar-refractivity contribution in [2.45, 2.75) is 51.2 Å². The van der Waals surface area contributed by atoms with Gasteiger partial charge in [0.25, 0.3) is 5.91 Å². The Morgan fingerprint density at radius 2 is 1.94 bits per heavy atom. The van der Waals surface area contributed by atoms with Crippen LogP contribution in [0, 0.1) is 23.7 Å². The standard InChI is InChI=1S/C27H35N3O5S/c1-19(2)10-9-11-22-14-24-26(28-15-22)35-25(20(3)16-30(27(24)32)21(4)18-31)17-29(5)36(33,34)23-12-7-6-8-13-23/h6-8,12-15,19-21,25,31H,10,16-18H2,1-5H3/t20-,21-,25+/m1/s1. The van der Waals surface area contributed by atoms with Crippen LogP contribution in [0.2, 0.25) is 0 Å². The summed E-state index contributed by atoms with van der Waals surface area (Å²) in [5.74, 6) is 6.17. The molecule has 0 fully saturated rings. The van der Waals surface area contributed by atoms with Gasteiger partial charge in [0.15, 0.2) is 0 Å². The van der Waals surface area contributed by atoms with Gasteiger partial charge in [0.1, 0.15) is 11.7 Å². The molecule has 1 aromatic carbocycles. The van der Waals surface area contributed by atoms with E-state index in [1.165, 1.54) is 11.4 Å². The minimum absolute atomic E-state index is 0.0605. The smallest absolute Gasteiger partial charge is 0.259 e. The zero-order valence-electron chi connectivity index (χ0n) is 21.5. The molecule has 0 saturated heterocycles. The number of nitrogens with zero attached hydrogens (tertiary/aromatic N) is 3. The first-order valence-electron chi connectivity index (χ1n) is 12.1. The molecule has 1 aliphatic rings. The highest BCUT2D eigenvalue weighted by atomic mass is 32.2. The Morgan fingerprint density at radius 3 is 2.58 bits per heavy atom. The summed E-state index contributed by atoms with van der Waals surface area (Å²) in [7, 11) is -2.22. The SMILES string of the molecule is CC(C)CC#Cc1cnc2c(c1)C(=O)N([C@H](C)CO)C[C@@H](C)[C@H](CN(C)S(=O)(=O)c1ccccc1)O2. The molecule has 1 aliphatic heterocycles. The Bertz CT molecular complexity index is 1220. The van der Waals surface area contributed by atoms with Crippen molar-refractivity contribution in [1.82, 2.24) is 14.2 Å². The lowest BCUT2D eigenvalue weighted by Gasteiger charge is -2.37. The van der Waals surface area contributed by atoms with Gasteiger partial charge < -0.3 is 14.7 Å². The van der Waals surface area contributed by atoms with Gasteiger partial charge in [-0.1, -0.05) is 50.8 Å². The topological polar surface area (TPSA) is 100 Å². The van der Waals surface area contributed by atoms with E-state index in [-0.39, 0.29) is 47.9 Å². The summed E-state index contributed by atoms with van der Waals surface area (Å²) in [5, 5.41) is 9.82. The number of fused-ring (bicyclic) bond motifs is 1. The van der Waals surface area contributed by atoms with Crippen LogP contribution in [0.4, 0.5) is 0 Å². The first-order chi connectivity index (χ1) is 17.0. The number of ether oxygens (including phenoxy) is 1.